The Morgan fingerprint density at radius 2 is 1.80 bits per heavy atom. The first kappa shape index (κ1) is 15.1. The summed E-state index contributed by atoms with van der Waals surface area (Å²) < 4.78 is 2.88. The van der Waals surface area contributed by atoms with Crippen molar-refractivity contribution in [3.63, 3.8) is 0 Å². The molecule has 0 unspecified atom stereocenters. The summed E-state index contributed by atoms with van der Waals surface area (Å²) in [7, 11) is 3.27. The molecule has 2 heterocycles. The van der Waals surface area contributed by atoms with Crippen LogP contribution in [0, 0.1) is 0 Å². The molecule has 0 aliphatic rings. The average molecular weight is 284 g/mol. The van der Waals surface area contributed by atoms with Crippen LogP contribution in [0.1, 0.15) is 6.42 Å². The molecule has 20 heavy (non-hydrogen) atoms. The molecule has 0 saturated heterocycles. The molecule has 0 bridgehead atoms. The van der Waals surface area contributed by atoms with Crippen LogP contribution < -0.4 is 11.2 Å². The summed E-state index contributed by atoms with van der Waals surface area (Å²) in [6.45, 7) is 0. The van der Waals surface area contributed by atoms with Gasteiger partial charge in [-0.1, -0.05) is 0 Å². The van der Waals surface area contributed by atoms with Gasteiger partial charge in [0.15, 0.2) is 11.2 Å². The van der Waals surface area contributed by atoms with Crippen molar-refractivity contribution >= 4 is 23.1 Å². The molecule has 2 aromatic rings. The Balaban J connectivity index is 0.000000246. The van der Waals surface area contributed by atoms with E-state index in [-0.39, 0.29) is 0 Å². The Labute approximate surface area is 110 Å². The zero-order valence-corrected chi connectivity index (χ0v) is 10.7. The van der Waals surface area contributed by atoms with Crippen LogP contribution in [0.4, 0.5) is 0 Å². The molecule has 2 aromatic heterocycles. The molecule has 0 radical (unpaired) electrons. The lowest BCUT2D eigenvalue weighted by Crippen LogP contribution is -2.28. The van der Waals surface area contributed by atoms with Crippen LogP contribution in [0.5, 0.6) is 0 Å². The average Bonchev–Trinajstić information content (AvgIpc) is 2.68. The number of hydrogen-bond donors (Lipinski definition) is 3. The molecule has 10 nitrogen and oxygen atoms in total. The van der Waals surface area contributed by atoms with Crippen LogP contribution >= 0.6 is 0 Å². The number of H-pyrrole nitrogens is 1. The molecule has 10 heteroatoms. The topological polar surface area (TPSA) is 147 Å². The number of aryl methyl sites for hydroxylation is 2. The summed E-state index contributed by atoms with van der Waals surface area (Å²) in [4.78, 5) is 47.4. The second-order valence-electron chi connectivity index (χ2n) is 3.81. The van der Waals surface area contributed by atoms with E-state index in [9.17, 15) is 19.2 Å². The Bertz CT molecular complexity index is 756. The molecule has 0 aliphatic carbocycles. The van der Waals surface area contributed by atoms with Crippen molar-refractivity contribution in [2.45, 2.75) is 6.42 Å². The Morgan fingerprint density at radius 1 is 1.25 bits per heavy atom. The van der Waals surface area contributed by atoms with Gasteiger partial charge in [-0.3, -0.25) is 23.9 Å². The van der Waals surface area contributed by atoms with Gasteiger partial charge in [0.1, 0.15) is 6.42 Å². The maximum absolute atomic E-state index is 11.3. The lowest BCUT2D eigenvalue weighted by atomic mass is 10.5. The van der Waals surface area contributed by atoms with Crippen molar-refractivity contribution in [1.82, 2.24) is 19.1 Å². The highest BCUT2D eigenvalue weighted by molar-refractivity contribution is 5.88. The minimum absolute atomic E-state index is 0.399. The zero-order chi connectivity index (χ0) is 15.4. The molecular weight excluding hydrogens is 272 g/mol. The third kappa shape index (κ3) is 3.31. The fraction of sp³-hybridized carbons (Fsp3) is 0.300. The van der Waals surface area contributed by atoms with Crippen molar-refractivity contribution in [2.75, 3.05) is 0 Å². The normalized spacial score (nSPS) is 9.90. The summed E-state index contributed by atoms with van der Waals surface area (Å²) in [5.74, 6) is -2.62. The SMILES string of the molecule is Cn1cnc2c1c(=O)[nH]c(=O)n2C.O=C(O)CC(=O)O. The van der Waals surface area contributed by atoms with Crippen LogP contribution in [-0.2, 0) is 23.7 Å². The van der Waals surface area contributed by atoms with E-state index in [0.717, 1.165) is 0 Å². The largest absolute Gasteiger partial charge is 0.481 e. The molecule has 0 saturated carbocycles. The first-order valence-corrected chi connectivity index (χ1v) is 5.28. The Kier molecular flexibility index (Phi) is 4.41. The highest BCUT2D eigenvalue weighted by atomic mass is 16.4. The van der Waals surface area contributed by atoms with Gasteiger partial charge >= 0.3 is 17.6 Å². The number of aromatic amines is 1. The van der Waals surface area contributed by atoms with Crippen LogP contribution in [0.25, 0.3) is 11.2 Å². The molecule has 0 aromatic carbocycles. The number of rotatable bonds is 2. The molecule has 0 atom stereocenters. The fourth-order valence-electron chi connectivity index (χ4n) is 1.39. The predicted octanol–water partition coefficient (Wildman–Crippen LogP) is -1.49. The van der Waals surface area contributed by atoms with Gasteiger partial charge in [-0.15, -0.1) is 0 Å². The number of aliphatic carboxylic acids is 2. The van der Waals surface area contributed by atoms with Gasteiger partial charge in [0.05, 0.1) is 6.33 Å². The Morgan fingerprint density at radius 3 is 2.25 bits per heavy atom. The van der Waals surface area contributed by atoms with Crippen molar-refractivity contribution in [1.29, 1.82) is 0 Å². The van der Waals surface area contributed by atoms with E-state index in [0.29, 0.717) is 11.2 Å². The number of nitrogens with one attached hydrogen (secondary N) is 1. The number of aromatic nitrogens is 4. The third-order valence-corrected chi connectivity index (χ3v) is 2.28. The van der Waals surface area contributed by atoms with Crippen molar-refractivity contribution in [2.24, 2.45) is 14.1 Å². The van der Waals surface area contributed by atoms with Crippen LogP contribution in [0.15, 0.2) is 15.9 Å². The van der Waals surface area contributed by atoms with Gasteiger partial charge in [0, 0.05) is 14.1 Å². The summed E-state index contributed by atoms with van der Waals surface area (Å²) in [6.07, 6.45) is 0.694. The molecular formula is C10H12N4O6. The van der Waals surface area contributed by atoms with Gasteiger partial charge in [-0.25, -0.2) is 9.78 Å². The molecule has 0 fully saturated rings. The molecule has 0 spiro atoms. The summed E-state index contributed by atoms with van der Waals surface area (Å²) in [5, 5.41) is 15.4. The monoisotopic (exact) mass is 284 g/mol. The summed E-state index contributed by atoms with van der Waals surface area (Å²) in [6, 6.07) is 0. The number of carboxylic acid groups (broad SMARTS) is 2. The highest BCUT2D eigenvalue weighted by Gasteiger charge is 2.08. The number of nitrogens with zero attached hydrogens (tertiary/aromatic N) is 3. The molecule has 0 amide bonds. The minimum Gasteiger partial charge on any atom is -0.481 e. The van der Waals surface area contributed by atoms with E-state index in [2.05, 4.69) is 9.97 Å². The third-order valence-electron chi connectivity index (χ3n) is 2.28. The summed E-state index contributed by atoms with van der Waals surface area (Å²) >= 11 is 0. The van der Waals surface area contributed by atoms with Gasteiger partial charge in [-0.2, -0.15) is 0 Å². The van der Waals surface area contributed by atoms with E-state index < -0.39 is 29.6 Å². The number of fused-ring (bicyclic) bond motifs is 1. The number of imidazole rings is 1. The van der Waals surface area contributed by atoms with Crippen molar-refractivity contribution < 1.29 is 19.8 Å². The van der Waals surface area contributed by atoms with E-state index >= 15 is 0 Å². The predicted molar refractivity (Wildman–Crippen MR) is 66.5 cm³/mol. The van der Waals surface area contributed by atoms with Crippen LogP contribution in [0.3, 0.4) is 0 Å². The second-order valence-corrected chi connectivity index (χ2v) is 3.81. The lowest BCUT2D eigenvalue weighted by molar-refractivity contribution is -0.147. The van der Waals surface area contributed by atoms with Gasteiger partial charge in [-0.05, 0) is 0 Å². The maximum atomic E-state index is 11.3. The van der Waals surface area contributed by atoms with Gasteiger partial charge in [0.25, 0.3) is 5.56 Å². The van der Waals surface area contributed by atoms with E-state index in [1.165, 1.54) is 10.9 Å². The number of hydrogen-bond acceptors (Lipinski definition) is 5. The van der Waals surface area contributed by atoms with Crippen molar-refractivity contribution in [3.05, 3.63) is 27.2 Å². The lowest BCUT2D eigenvalue weighted by Gasteiger charge is -1.97. The Hall–Kier alpha value is -2.91. The first-order valence-electron chi connectivity index (χ1n) is 5.28. The van der Waals surface area contributed by atoms with Crippen molar-refractivity contribution in [3.8, 4) is 0 Å². The smallest absolute Gasteiger partial charge is 0.329 e. The van der Waals surface area contributed by atoms with Gasteiger partial charge < -0.3 is 14.8 Å². The molecule has 3 N–H and O–H groups in total. The first-order chi connectivity index (χ1) is 9.23. The van der Waals surface area contributed by atoms with Gasteiger partial charge in [0.2, 0.25) is 0 Å². The van der Waals surface area contributed by atoms with Crippen LogP contribution in [-0.4, -0.2) is 41.3 Å². The molecule has 0 aliphatic heterocycles. The van der Waals surface area contributed by atoms with E-state index in [4.69, 9.17) is 10.2 Å². The molecule has 108 valence electrons. The fourth-order valence-corrected chi connectivity index (χ4v) is 1.39. The molecule has 2 rings (SSSR count). The number of carbonyl (C=O) groups is 2. The van der Waals surface area contributed by atoms with E-state index in [1.54, 1.807) is 18.7 Å². The quantitative estimate of drug-likeness (QED) is 0.569. The number of carboxylic acids is 2. The summed E-state index contributed by atoms with van der Waals surface area (Å²) in [5.41, 5.74) is -0.0485. The maximum Gasteiger partial charge on any atom is 0.329 e. The second kappa shape index (κ2) is 5.82. The van der Waals surface area contributed by atoms with Crippen LogP contribution in [0.2, 0.25) is 0 Å². The highest BCUT2D eigenvalue weighted by Crippen LogP contribution is 2.00. The standard InChI is InChI=1S/C7H8N4O2.C3H4O4/c1-10-3-8-5-4(10)6(12)9-7(13)11(5)2;4-2(5)1-3(6)7/h3H,1-2H3,(H,9,12,13);1H2,(H,4,5)(H,6,7). The van der Waals surface area contributed by atoms with E-state index in [1.807, 2.05) is 0 Å². The minimum atomic E-state index is -1.31. The zero-order valence-electron chi connectivity index (χ0n) is 10.7.